The quantitative estimate of drug-likeness (QED) is 0.377. The van der Waals surface area contributed by atoms with Gasteiger partial charge in [-0.25, -0.2) is 12.8 Å². The Morgan fingerprint density at radius 2 is 1.57 bits per heavy atom. The monoisotopic (exact) mass is 496 g/mol. The molecule has 0 bridgehead atoms. The maximum atomic E-state index is 14.5. The van der Waals surface area contributed by atoms with E-state index >= 15 is 0 Å². The first-order chi connectivity index (χ1) is 16.8. The number of halogens is 1. The Hall–Kier alpha value is -3.69. The van der Waals surface area contributed by atoms with Gasteiger partial charge in [-0.2, -0.15) is 4.31 Å². The van der Waals surface area contributed by atoms with Gasteiger partial charge in [-0.1, -0.05) is 42.5 Å². The van der Waals surface area contributed by atoms with Gasteiger partial charge in [-0.15, -0.1) is 0 Å². The molecular weight excluding hydrogens is 471 g/mol. The van der Waals surface area contributed by atoms with Crippen molar-refractivity contribution in [1.29, 1.82) is 0 Å². The second-order valence-electron chi connectivity index (χ2n) is 7.92. The second kappa shape index (κ2) is 10.3. The van der Waals surface area contributed by atoms with Gasteiger partial charge in [-0.05, 0) is 36.2 Å². The summed E-state index contributed by atoms with van der Waals surface area (Å²) in [4.78, 5) is 15.3. The first-order valence-electron chi connectivity index (χ1n) is 10.9. The third-order valence-corrected chi connectivity index (χ3v) is 7.60. The van der Waals surface area contributed by atoms with Crippen molar-refractivity contribution >= 4 is 20.9 Å². The van der Waals surface area contributed by atoms with E-state index in [0.717, 1.165) is 15.9 Å². The number of nitrogens with one attached hydrogen (secondary N) is 1. The summed E-state index contributed by atoms with van der Waals surface area (Å²) in [7, 11) is -1.24. The zero-order valence-electron chi connectivity index (χ0n) is 19.3. The number of rotatable bonds is 9. The van der Waals surface area contributed by atoms with Crippen LogP contribution in [0.1, 0.15) is 11.1 Å². The third kappa shape index (κ3) is 5.21. The molecule has 0 amide bonds. The van der Waals surface area contributed by atoms with E-state index in [-0.39, 0.29) is 18.7 Å². The van der Waals surface area contributed by atoms with Crippen LogP contribution in [-0.2, 0) is 23.0 Å². The Bertz CT molecular complexity index is 1500. The fourth-order valence-corrected chi connectivity index (χ4v) is 5.35. The highest BCUT2D eigenvalue weighted by Gasteiger charge is 2.28. The van der Waals surface area contributed by atoms with Crippen molar-refractivity contribution in [1.82, 2.24) is 9.29 Å². The molecule has 0 saturated heterocycles. The molecule has 0 unspecified atom stereocenters. The summed E-state index contributed by atoms with van der Waals surface area (Å²) in [5.41, 5.74) is 1.21. The standard InChI is InChI=1S/C26H25FN2O5S/c1-33-23-15-19-14-20(26(30)28-22(19)16-24(23)34-2)17-29(13-12-18-8-4-3-5-9-18)35(31,32)25-11-7-6-10-21(25)27/h3-11,14-16H,12-13,17H2,1-2H3,(H,28,30). The minimum atomic E-state index is -4.23. The minimum Gasteiger partial charge on any atom is -0.493 e. The van der Waals surface area contributed by atoms with E-state index in [1.807, 2.05) is 30.3 Å². The van der Waals surface area contributed by atoms with Gasteiger partial charge in [0.2, 0.25) is 10.0 Å². The van der Waals surface area contributed by atoms with Crippen LogP contribution >= 0.6 is 0 Å². The lowest BCUT2D eigenvalue weighted by Crippen LogP contribution is -2.35. The number of H-pyrrole nitrogens is 1. The molecule has 7 nitrogen and oxygen atoms in total. The molecule has 0 radical (unpaired) electrons. The molecule has 182 valence electrons. The fraction of sp³-hybridized carbons (Fsp3) is 0.192. The molecule has 1 N–H and O–H groups in total. The van der Waals surface area contributed by atoms with Crippen molar-refractivity contribution in [2.75, 3.05) is 20.8 Å². The average Bonchev–Trinajstić information content (AvgIpc) is 2.86. The second-order valence-corrected chi connectivity index (χ2v) is 9.83. The molecule has 9 heteroatoms. The van der Waals surface area contributed by atoms with Crippen LogP contribution in [0.3, 0.4) is 0 Å². The van der Waals surface area contributed by atoms with Crippen LogP contribution in [0.4, 0.5) is 4.39 Å². The van der Waals surface area contributed by atoms with Crippen LogP contribution in [0.15, 0.2) is 82.5 Å². The number of sulfonamides is 1. The predicted octanol–water partition coefficient (Wildman–Crippen LogP) is 4.12. The summed E-state index contributed by atoms with van der Waals surface area (Å²) in [6.07, 6.45) is 0.394. The minimum absolute atomic E-state index is 0.0596. The van der Waals surface area contributed by atoms with Gasteiger partial charge in [0.25, 0.3) is 5.56 Å². The van der Waals surface area contributed by atoms with E-state index < -0.39 is 26.3 Å². The Balaban J connectivity index is 1.75. The lowest BCUT2D eigenvalue weighted by Gasteiger charge is -2.22. The van der Waals surface area contributed by atoms with Gasteiger partial charge in [0, 0.05) is 30.1 Å². The van der Waals surface area contributed by atoms with Crippen molar-refractivity contribution < 1.29 is 22.3 Å². The number of benzene rings is 3. The highest BCUT2D eigenvalue weighted by molar-refractivity contribution is 7.89. The fourth-order valence-electron chi connectivity index (χ4n) is 3.86. The SMILES string of the molecule is COc1cc2cc(CN(CCc3ccccc3)S(=O)(=O)c3ccccc3F)c(=O)[nH]c2cc1OC. The van der Waals surface area contributed by atoms with Crippen LogP contribution in [0.5, 0.6) is 11.5 Å². The zero-order chi connectivity index (χ0) is 25.0. The summed E-state index contributed by atoms with van der Waals surface area (Å²) in [6.45, 7) is -0.173. The number of hydrogen-bond donors (Lipinski definition) is 1. The smallest absolute Gasteiger partial charge is 0.252 e. The topological polar surface area (TPSA) is 88.7 Å². The predicted molar refractivity (Wildman–Crippen MR) is 132 cm³/mol. The lowest BCUT2D eigenvalue weighted by molar-refractivity contribution is 0.355. The van der Waals surface area contributed by atoms with Crippen LogP contribution in [0.25, 0.3) is 10.9 Å². The summed E-state index contributed by atoms with van der Waals surface area (Å²) in [5, 5.41) is 0.642. The van der Waals surface area contributed by atoms with Crippen LogP contribution in [0, 0.1) is 5.82 Å². The molecule has 0 aliphatic rings. The van der Waals surface area contributed by atoms with Crippen LogP contribution in [0.2, 0.25) is 0 Å². The molecule has 1 heterocycles. The molecular formula is C26H25FN2O5S. The van der Waals surface area contributed by atoms with Gasteiger partial charge in [-0.3, -0.25) is 4.79 Å². The van der Waals surface area contributed by atoms with Crippen molar-refractivity contribution in [3.05, 3.63) is 100 Å². The number of methoxy groups -OCH3 is 2. The highest BCUT2D eigenvalue weighted by Crippen LogP contribution is 2.31. The molecule has 1 aromatic heterocycles. The summed E-state index contributed by atoms with van der Waals surface area (Å²) in [6, 6.07) is 19.5. The van der Waals surface area contributed by atoms with Gasteiger partial charge in [0.15, 0.2) is 11.5 Å². The van der Waals surface area contributed by atoms with Crippen LogP contribution in [-0.4, -0.2) is 38.5 Å². The number of aromatic amines is 1. The number of pyridine rings is 1. The van der Waals surface area contributed by atoms with E-state index in [0.29, 0.717) is 28.8 Å². The Kier molecular flexibility index (Phi) is 7.18. The maximum absolute atomic E-state index is 14.5. The Morgan fingerprint density at radius 3 is 2.26 bits per heavy atom. The molecule has 0 aliphatic heterocycles. The molecule has 35 heavy (non-hydrogen) atoms. The molecule has 3 aromatic carbocycles. The Morgan fingerprint density at radius 1 is 0.914 bits per heavy atom. The van der Waals surface area contributed by atoms with Crippen molar-refractivity contribution in [2.45, 2.75) is 17.9 Å². The lowest BCUT2D eigenvalue weighted by atomic mass is 10.1. The number of nitrogens with zero attached hydrogens (tertiary/aromatic N) is 1. The first kappa shape index (κ1) is 24.4. The number of fused-ring (bicyclic) bond motifs is 1. The summed E-state index contributed by atoms with van der Waals surface area (Å²) in [5.74, 6) is 0.0781. The molecule has 0 saturated carbocycles. The number of aromatic nitrogens is 1. The Labute approximate surface area is 202 Å². The number of hydrogen-bond acceptors (Lipinski definition) is 5. The third-order valence-electron chi connectivity index (χ3n) is 5.72. The zero-order valence-corrected chi connectivity index (χ0v) is 20.1. The molecule has 0 fully saturated rings. The van der Waals surface area contributed by atoms with Gasteiger partial charge in [0.1, 0.15) is 10.7 Å². The summed E-state index contributed by atoms with van der Waals surface area (Å²) >= 11 is 0. The van der Waals surface area contributed by atoms with Gasteiger partial charge in [0.05, 0.1) is 19.7 Å². The van der Waals surface area contributed by atoms with E-state index in [9.17, 15) is 17.6 Å². The van der Waals surface area contributed by atoms with Crippen molar-refractivity contribution in [3.8, 4) is 11.5 Å². The molecule has 0 aliphatic carbocycles. The highest BCUT2D eigenvalue weighted by atomic mass is 32.2. The van der Waals surface area contributed by atoms with Gasteiger partial charge < -0.3 is 14.5 Å². The maximum Gasteiger partial charge on any atom is 0.252 e. The van der Waals surface area contributed by atoms with E-state index in [1.165, 1.54) is 32.4 Å². The van der Waals surface area contributed by atoms with E-state index in [1.54, 1.807) is 18.2 Å². The first-order valence-corrected chi connectivity index (χ1v) is 12.3. The van der Waals surface area contributed by atoms with E-state index in [4.69, 9.17) is 9.47 Å². The molecule has 0 atom stereocenters. The average molecular weight is 497 g/mol. The summed E-state index contributed by atoms with van der Waals surface area (Å²) < 4.78 is 53.2. The molecule has 0 spiro atoms. The van der Waals surface area contributed by atoms with Crippen molar-refractivity contribution in [3.63, 3.8) is 0 Å². The molecule has 4 rings (SSSR count). The largest absolute Gasteiger partial charge is 0.493 e. The van der Waals surface area contributed by atoms with Crippen molar-refractivity contribution in [2.24, 2.45) is 0 Å². The van der Waals surface area contributed by atoms with Crippen LogP contribution < -0.4 is 15.0 Å². The number of ether oxygens (including phenoxy) is 2. The van der Waals surface area contributed by atoms with Gasteiger partial charge >= 0.3 is 0 Å². The normalized spacial score (nSPS) is 11.7. The molecule has 4 aromatic rings. The van der Waals surface area contributed by atoms with E-state index in [2.05, 4.69) is 4.98 Å².